The van der Waals surface area contributed by atoms with Crippen molar-refractivity contribution >= 4 is 5.91 Å². The highest BCUT2D eigenvalue weighted by molar-refractivity contribution is 5.73. The summed E-state index contributed by atoms with van der Waals surface area (Å²) in [5, 5.41) is 8.67. The number of β-amino-alcohol motifs (C(OH)–C–C–N with tert-alkyl or cyclic N) is 1. The maximum Gasteiger partial charge on any atom is 0.219 e. The molecule has 0 aromatic heterocycles. The van der Waals surface area contributed by atoms with E-state index in [4.69, 9.17) is 5.11 Å². The van der Waals surface area contributed by atoms with Crippen LogP contribution in [0.25, 0.3) is 0 Å². The molecule has 1 aliphatic rings. The summed E-state index contributed by atoms with van der Waals surface area (Å²) in [6, 6.07) is 0. The molecule has 0 unspecified atom stereocenters. The quantitative estimate of drug-likeness (QED) is 0.694. The third kappa shape index (κ3) is 4.58. The van der Waals surface area contributed by atoms with Gasteiger partial charge in [0.15, 0.2) is 0 Å². The lowest BCUT2D eigenvalue weighted by Crippen LogP contribution is -2.48. The van der Waals surface area contributed by atoms with Crippen LogP contribution in [0.5, 0.6) is 0 Å². The zero-order valence-corrected chi connectivity index (χ0v) is 9.49. The van der Waals surface area contributed by atoms with Gasteiger partial charge in [-0.2, -0.15) is 0 Å². The van der Waals surface area contributed by atoms with Gasteiger partial charge in [-0.15, -0.1) is 0 Å². The number of nitrogens with zero attached hydrogens (tertiary/aromatic N) is 2. The fourth-order valence-corrected chi connectivity index (χ4v) is 1.43. The first-order valence-electron chi connectivity index (χ1n) is 5.33. The van der Waals surface area contributed by atoms with E-state index in [1.54, 1.807) is 6.92 Å². The van der Waals surface area contributed by atoms with Crippen molar-refractivity contribution in [2.45, 2.75) is 20.8 Å². The molecule has 1 saturated heterocycles. The summed E-state index contributed by atoms with van der Waals surface area (Å²) in [6.07, 6.45) is 0. The Hall–Kier alpha value is -0.610. The molecule has 0 aromatic carbocycles. The van der Waals surface area contributed by atoms with Crippen molar-refractivity contribution in [1.29, 1.82) is 0 Å². The lowest BCUT2D eigenvalue weighted by Gasteiger charge is -2.33. The van der Waals surface area contributed by atoms with Gasteiger partial charge < -0.3 is 10.0 Å². The highest BCUT2D eigenvalue weighted by Gasteiger charge is 2.17. The average Bonchev–Trinajstić information content (AvgIpc) is 2.22. The van der Waals surface area contributed by atoms with Crippen LogP contribution in [0.4, 0.5) is 0 Å². The van der Waals surface area contributed by atoms with Crippen molar-refractivity contribution in [2.24, 2.45) is 0 Å². The Bertz CT molecular complexity index is 154. The van der Waals surface area contributed by atoms with Gasteiger partial charge in [-0.3, -0.25) is 9.69 Å². The Morgan fingerprint density at radius 1 is 1.21 bits per heavy atom. The van der Waals surface area contributed by atoms with Crippen LogP contribution in [0.15, 0.2) is 0 Å². The molecular weight excluding hydrogens is 180 g/mol. The second-order valence-electron chi connectivity index (χ2n) is 3.07. The van der Waals surface area contributed by atoms with Gasteiger partial charge in [0.2, 0.25) is 5.91 Å². The molecule has 1 N–H and O–H groups in total. The minimum absolute atomic E-state index is 0.152. The number of amides is 1. The van der Waals surface area contributed by atoms with Crippen molar-refractivity contribution in [3.8, 4) is 0 Å². The predicted molar refractivity (Wildman–Crippen MR) is 57.1 cm³/mol. The lowest BCUT2D eigenvalue weighted by atomic mass is 10.3. The van der Waals surface area contributed by atoms with Crippen molar-refractivity contribution < 1.29 is 9.90 Å². The number of aliphatic hydroxyl groups excluding tert-OH is 1. The van der Waals surface area contributed by atoms with Crippen molar-refractivity contribution in [3.63, 3.8) is 0 Å². The molecule has 0 aromatic rings. The van der Waals surface area contributed by atoms with Gasteiger partial charge >= 0.3 is 0 Å². The first-order chi connectivity index (χ1) is 6.74. The van der Waals surface area contributed by atoms with Gasteiger partial charge in [-0.05, 0) is 0 Å². The summed E-state index contributed by atoms with van der Waals surface area (Å²) in [6.45, 7) is 9.92. The second kappa shape index (κ2) is 7.76. The number of hydrogen-bond donors (Lipinski definition) is 1. The molecule has 4 nitrogen and oxygen atoms in total. The van der Waals surface area contributed by atoms with Gasteiger partial charge in [0, 0.05) is 39.6 Å². The third-order valence-electron chi connectivity index (χ3n) is 2.23. The topological polar surface area (TPSA) is 43.8 Å². The fraction of sp³-hybridized carbons (Fsp3) is 0.900. The highest BCUT2D eigenvalue weighted by Crippen LogP contribution is 2.00. The maximum absolute atomic E-state index is 10.9. The highest BCUT2D eigenvalue weighted by atomic mass is 16.3. The van der Waals surface area contributed by atoms with Crippen LogP contribution in [0, 0.1) is 0 Å². The van der Waals surface area contributed by atoms with Crippen molar-refractivity contribution in [1.82, 2.24) is 9.80 Å². The molecule has 1 amide bonds. The van der Waals surface area contributed by atoms with Crippen LogP contribution in [0.2, 0.25) is 0 Å². The van der Waals surface area contributed by atoms with E-state index in [1.165, 1.54) is 0 Å². The monoisotopic (exact) mass is 202 g/mol. The van der Waals surface area contributed by atoms with E-state index in [0.717, 1.165) is 32.7 Å². The molecular formula is C10H22N2O2. The van der Waals surface area contributed by atoms with Gasteiger partial charge in [-0.25, -0.2) is 0 Å². The summed E-state index contributed by atoms with van der Waals surface area (Å²) >= 11 is 0. The van der Waals surface area contributed by atoms with E-state index in [0.29, 0.717) is 0 Å². The van der Waals surface area contributed by atoms with Gasteiger partial charge in [-0.1, -0.05) is 13.8 Å². The lowest BCUT2D eigenvalue weighted by molar-refractivity contribution is -0.130. The van der Waals surface area contributed by atoms with E-state index >= 15 is 0 Å². The Balaban J connectivity index is 0.000000791. The SMILES string of the molecule is CC.CC(=O)N1CCN(CCO)CC1. The normalized spacial score (nSPS) is 17.3. The summed E-state index contributed by atoms with van der Waals surface area (Å²) in [7, 11) is 0. The second-order valence-corrected chi connectivity index (χ2v) is 3.07. The van der Waals surface area contributed by atoms with Crippen LogP contribution >= 0.6 is 0 Å². The Kier molecular flexibility index (Phi) is 7.42. The summed E-state index contributed by atoms with van der Waals surface area (Å²) in [5.74, 6) is 0.152. The molecule has 0 aliphatic carbocycles. The molecule has 0 radical (unpaired) electrons. The number of hydrogen-bond acceptors (Lipinski definition) is 3. The largest absolute Gasteiger partial charge is 0.395 e. The zero-order valence-electron chi connectivity index (χ0n) is 9.49. The van der Waals surface area contributed by atoms with E-state index in [1.807, 2.05) is 18.7 Å². The van der Waals surface area contributed by atoms with E-state index in [2.05, 4.69) is 4.90 Å². The van der Waals surface area contributed by atoms with Crippen LogP contribution in [0.3, 0.4) is 0 Å². The molecule has 0 spiro atoms. The van der Waals surface area contributed by atoms with Crippen LogP contribution in [0.1, 0.15) is 20.8 Å². The molecule has 0 bridgehead atoms. The summed E-state index contributed by atoms with van der Waals surface area (Å²) < 4.78 is 0. The zero-order chi connectivity index (χ0) is 11.0. The fourth-order valence-electron chi connectivity index (χ4n) is 1.43. The molecule has 14 heavy (non-hydrogen) atoms. The van der Waals surface area contributed by atoms with E-state index in [-0.39, 0.29) is 12.5 Å². The maximum atomic E-state index is 10.9. The Labute approximate surface area is 86.5 Å². The summed E-state index contributed by atoms with van der Waals surface area (Å²) in [5.41, 5.74) is 0. The minimum atomic E-state index is 0.152. The number of carbonyl (C=O) groups is 1. The molecule has 0 saturated carbocycles. The molecule has 0 atom stereocenters. The minimum Gasteiger partial charge on any atom is -0.395 e. The van der Waals surface area contributed by atoms with Crippen LogP contribution in [-0.2, 0) is 4.79 Å². The molecule has 1 heterocycles. The van der Waals surface area contributed by atoms with Gasteiger partial charge in [0.05, 0.1) is 6.61 Å². The third-order valence-corrected chi connectivity index (χ3v) is 2.23. The predicted octanol–water partition coefficient (Wildman–Crippen LogP) is 0.169. The van der Waals surface area contributed by atoms with Crippen molar-refractivity contribution in [3.05, 3.63) is 0 Å². The molecule has 4 heteroatoms. The average molecular weight is 202 g/mol. The Morgan fingerprint density at radius 3 is 2.07 bits per heavy atom. The Morgan fingerprint density at radius 2 is 1.71 bits per heavy atom. The first kappa shape index (κ1) is 13.4. The number of rotatable bonds is 2. The number of piperazine rings is 1. The van der Waals surface area contributed by atoms with E-state index in [9.17, 15) is 4.79 Å². The molecule has 84 valence electrons. The summed E-state index contributed by atoms with van der Waals surface area (Å²) in [4.78, 5) is 14.9. The first-order valence-corrected chi connectivity index (χ1v) is 5.33. The molecule has 1 aliphatic heterocycles. The van der Waals surface area contributed by atoms with Crippen LogP contribution < -0.4 is 0 Å². The smallest absolute Gasteiger partial charge is 0.219 e. The van der Waals surface area contributed by atoms with Gasteiger partial charge in [0.1, 0.15) is 0 Å². The molecule has 1 rings (SSSR count). The number of carbonyl (C=O) groups excluding carboxylic acids is 1. The number of aliphatic hydroxyl groups is 1. The van der Waals surface area contributed by atoms with Gasteiger partial charge in [0.25, 0.3) is 0 Å². The standard InChI is InChI=1S/C8H16N2O2.C2H6/c1-8(12)10-4-2-9(3-5-10)6-7-11;1-2/h11H,2-7H2,1H3;1-2H3. The van der Waals surface area contributed by atoms with Crippen molar-refractivity contribution in [2.75, 3.05) is 39.3 Å². The van der Waals surface area contributed by atoms with Crippen LogP contribution in [-0.4, -0.2) is 60.1 Å². The van der Waals surface area contributed by atoms with E-state index < -0.39 is 0 Å². The molecule has 1 fully saturated rings.